The Morgan fingerprint density at radius 2 is 1.50 bits per heavy atom. The quantitative estimate of drug-likeness (QED) is 0.890. The van der Waals surface area contributed by atoms with Gasteiger partial charge in [0.2, 0.25) is 5.91 Å². The molecular weight excluding hydrogens is 272 g/mol. The normalized spacial score (nSPS) is 16.1. The van der Waals surface area contributed by atoms with Gasteiger partial charge in [-0.25, -0.2) is 0 Å². The smallest absolute Gasteiger partial charge is 0.225 e. The Hall–Kier alpha value is -2.13. The van der Waals surface area contributed by atoms with E-state index in [1.807, 2.05) is 12.1 Å². The molecule has 1 heterocycles. The van der Waals surface area contributed by atoms with Crippen LogP contribution < -0.4 is 10.6 Å². The Morgan fingerprint density at radius 3 is 1.91 bits per heavy atom. The number of nitrogens with one attached hydrogen (secondary N) is 2. The summed E-state index contributed by atoms with van der Waals surface area (Å²) >= 11 is 0. The van der Waals surface area contributed by atoms with E-state index in [4.69, 9.17) is 0 Å². The van der Waals surface area contributed by atoms with Gasteiger partial charge in [-0.2, -0.15) is 0 Å². The van der Waals surface area contributed by atoms with Crippen molar-refractivity contribution >= 4 is 5.91 Å². The first kappa shape index (κ1) is 14.8. The van der Waals surface area contributed by atoms with Gasteiger partial charge < -0.3 is 10.6 Å². The number of carbonyl (C=O) groups is 1. The van der Waals surface area contributed by atoms with Crippen LogP contribution in [0.4, 0.5) is 0 Å². The molecule has 0 aromatic heterocycles. The maximum absolute atomic E-state index is 12.3. The van der Waals surface area contributed by atoms with Crippen LogP contribution >= 0.6 is 0 Å². The van der Waals surface area contributed by atoms with E-state index < -0.39 is 0 Å². The van der Waals surface area contributed by atoms with Gasteiger partial charge in [-0.1, -0.05) is 60.7 Å². The number of hydrogen-bond acceptors (Lipinski definition) is 2. The molecule has 3 nitrogen and oxygen atoms in total. The molecule has 1 atom stereocenters. The summed E-state index contributed by atoms with van der Waals surface area (Å²) in [5, 5.41) is 6.35. The van der Waals surface area contributed by atoms with Gasteiger partial charge in [-0.3, -0.25) is 4.79 Å². The number of benzene rings is 2. The molecule has 2 N–H and O–H groups in total. The van der Waals surface area contributed by atoms with Crippen molar-refractivity contribution in [2.75, 3.05) is 13.1 Å². The highest BCUT2D eigenvalue weighted by Crippen LogP contribution is 2.28. The monoisotopic (exact) mass is 294 g/mol. The van der Waals surface area contributed by atoms with E-state index >= 15 is 0 Å². The van der Waals surface area contributed by atoms with Crippen LogP contribution in [-0.4, -0.2) is 25.0 Å². The average molecular weight is 294 g/mol. The van der Waals surface area contributed by atoms with Crippen LogP contribution in [0.5, 0.6) is 0 Å². The number of amides is 1. The van der Waals surface area contributed by atoms with Crippen LogP contribution in [0.25, 0.3) is 0 Å². The van der Waals surface area contributed by atoms with Crippen LogP contribution in [-0.2, 0) is 4.79 Å². The lowest BCUT2D eigenvalue weighted by molar-refractivity contribution is -0.127. The predicted molar refractivity (Wildman–Crippen MR) is 88.7 cm³/mol. The van der Waals surface area contributed by atoms with E-state index in [0.29, 0.717) is 0 Å². The van der Waals surface area contributed by atoms with E-state index in [0.717, 1.165) is 13.1 Å². The van der Waals surface area contributed by atoms with Gasteiger partial charge in [-0.15, -0.1) is 0 Å². The molecule has 1 fully saturated rings. The number of hydrogen-bond donors (Lipinski definition) is 2. The zero-order chi connectivity index (χ0) is 15.4. The van der Waals surface area contributed by atoms with E-state index in [9.17, 15) is 4.79 Å². The SMILES string of the molecule is CC(NC(=O)C1CNC1)C(c1ccccc1)c1ccccc1. The van der Waals surface area contributed by atoms with Crippen molar-refractivity contribution in [2.45, 2.75) is 18.9 Å². The highest BCUT2D eigenvalue weighted by atomic mass is 16.2. The summed E-state index contributed by atoms with van der Waals surface area (Å²) < 4.78 is 0. The molecule has 0 bridgehead atoms. The molecule has 0 radical (unpaired) electrons. The van der Waals surface area contributed by atoms with Gasteiger partial charge >= 0.3 is 0 Å². The molecule has 3 rings (SSSR count). The minimum atomic E-state index is 0.0536. The lowest BCUT2D eigenvalue weighted by Crippen LogP contribution is -2.53. The van der Waals surface area contributed by atoms with E-state index in [2.05, 4.69) is 66.1 Å². The fraction of sp³-hybridized carbons (Fsp3) is 0.316. The Bertz CT molecular complexity index is 568. The molecule has 2 aromatic rings. The second-order valence-corrected chi connectivity index (χ2v) is 5.95. The van der Waals surface area contributed by atoms with Crippen molar-refractivity contribution in [1.82, 2.24) is 10.6 Å². The maximum atomic E-state index is 12.3. The van der Waals surface area contributed by atoms with Gasteiger partial charge in [0.25, 0.3) is 0 Å². The molecule has 1 amide bonds. The third-order valence-electron chi connectivity index (χ3n) is 4.34. The third kappa shape index (κ3) is 3.20. The van der Waals surface area contributed by atoms with Gasteiger partial charge in [0.15, 0.2) is 0 Å². The van der Waals surface area contributed by atoms with Crippen LogP contribution in [0.3, 0.4) is 0 Å². The number of carbonyl (C=O) groups excluding carboxylic acids is 1. The fourth-order valence-electron chi connectivity index (χ4n) is 2.99. The summed E-state index contributed by atoms with van der Waals surface area (Å²) in [5.74, 6) is 0.442. The van der Waals surface area contributed by atoms with Crippen molar-refractivity contribution in [3.8, 4) is 0 Å². The van der Waals surface area contributed by atoms with Crippen LogP contribution in [0, 0.1) is 5.92 Å². The first-order valence-corrected chi connectivity index (χ1v) is 7.86. The van der Waals surface area contributed by atoms with Gasteiger partial charge in [0.1, 0.15) is 0 Å². The topological polar surface area (TPSA) is 41.1 Å². The number of rotatable bonds is 5. The molecule has 0 saturated carbocycles. The van der Waals surface area contributed by atoms with Gasteiger partial charge in [0.05, 0.1) is 5.92 Å². The molecule has 22 heavy (non-hydrogen) atoms. The molecule has 1 aliphatic heterocycles. The van der Waals surface area contributed by atoms with E-state index in [1.165, 1.54) is 11.1 Å². The highest BCUT2D eigenvalue weighted by Gasteiger charge is 2.29. The molecule has 114 valence electrons. The van der Waals surface area contributed by atoms with Crippen LogP contribution in [0.2, 0.25) is 0 Å². The van der Waals surface area contributed by atoms with Crippen molar-refractivity contribution in [3.05, 3.63) is 71.8 Å². The summed E-state index contributed by atoms with van der Waals surface area (Å²) in [6, 6.07) is 20.8. The zero-order valence-electron chi connectivity index (χ0n) is 12.8. The molecule has 1 saturated heterocycles. The molecule has 0 aliphatic carbocycles. The second-order valence-electron chi connectivity index (χ2n) is 5.95. The molecule has 1 unspecified atom stereocenters. The largest absolute Gasteiger partial charge is 0.352 e. The lowest BCUT2D eigenvalue weighted by atomic mass is 9.85. The Labute approximate surface area is 131 Å². The minimum Gasteiger partial charge on any atom is -0.352 e. The van der Waals surface area contributed by atoms with E-state index in [1.54, 1.807) is 0 Å². The standard InChI is InChI=1S/C19H22N2O/c1-14(21-19(22)17-12-20-13-17)18(15-8-4-2-5-9-15)16-10-6-3-7-11-16/h2-11,14,17-18,20H,12-13H2,1H3,(H,21,22). The Morgan fingerprint density at radius 1 is 1.00 bits per heavy atom. The van der Waals surface area contributed by atoms with Crippen LogP contribution in [0.1, 0.15) is 24.0 Å². The molecule has 2 aromatic carbocycles. The maximum Gasteiger partial charge on any atom is 0.225 e. The summed E-state index contributed by atoms with van der Waals surface area (Å²) in [4.78, 5) is 12.3. The highest BCUT2D eigenvalue weighted by molar-refractivity contribution is 5.80. The molecule has 3 heteroatoms. The summed E-state index contributed by atoms with van der Waals surface area (Å²) in [5.41, 5.74) is 2.46. The molecule has 0 spiro atoms. The second kappa shape index (κ2) is 6.75. The molecule has 1 aliphatic rings. The summed E-state index contributed by atoms with van der Waals surface area (Å²) in [7, 11) is 0. The fourth-order valence-corrected chi connectivity index (χ4v) is 2.99. The lowest BCUT2D eigenvalue weighted by Gasteiger charge is -2.31. The first-order valence-electron chi connectivity index (χ1n) is 7.86. The summed E-state index contributed by atoms with van der Waals surface area (Å²) in [6.07, 6.45) is 0. The van der Waals surface area contributed by atoms with Crippen molar-refractivity contribution < 1.29 is 4.79 Å². The van der Waals surface area contributed by atoms with Crippen molar-refractivity contribution in [2.24, 2.45) is 5.92 Å². The molecular formula is C19H22N2O. The van der Waals surface area contributed by atoms with Crippen LogP contribution in [0.15, 0.2) is 60.7 Å². The zero-order valence-corrected chi connectivity index (χ0v) is 12.8. The first-order chi connectivity index (χ1) is 10.8. The van der Waals surface area contributed by atoms with E-state index in [-0.39, 0.29) is 23.8 Å². The Balaban J connectivity index is 1.83. The van der Waals surface area contributed by atoms with Gasteiger partial charge in [0, 0.05) is 25.0 Å². The Kier molecular flexibility index (Phi) is 4.54. The third-order valence-corrected chi connectivity index (χ3v) is 4.34. The van der Waals surface area contributed by atoms with Crippen molar-refractivity contribution in [1.29, 1.82) is 0 Å². The average Bonchev–Trinajstić information content (AvgIpc) is 2.47. The van der Waals surface area contributed by atoms with Gasteiger partial charge in [-0.05, 0) is 18.1 Å². The predicted octanol–water partition coefficient (Wildman–Crippen LogP) is 2.54. The minimum absolute atomic E-state index is 0.0536. The summed E-state index contributed by atoms with van der Waals surface area (Å²) in [6.45, 7) is 3.68. The van der Waals surface area contributed by atoms with Crippen molar-refractivity contribution in [3.63, 3.8) is 0 Å².